The molecule has 1 atom stereocenters. The lowest BCUT2D eigenvalue weighted by Gasteiger charge is -2.18. The van der Waals surface area contributed by atoms with E-state index in [-0.39, 0.29) is 31.1 Å². The number of hydrogen-bond acceptors (Lipinski definition) is 6. The number of unbranched alkanes of at least 4 members (excludes halogenated alkanes) is 39. The number of allylic oxidation sites excluding steroid dienone is 6. The molecule has 0 amide bonds. The zero-order valence-corrected chi connectivity index (χ0v) is 46.3. The minimum atomic E-state index is -0.774. The average Bonchev–Trinajstić information content (AvgIpc) is 3.35. The number of ether oxygens (including phenoxy) is 3. The summed E-state index contributed by atoms with van der Waals surface area (Å²) in [5, 5.41) is 0. The third-order valence-electron chi connectivity index (χ3n) is 13.6. The summed E-state index contributed by atoms with van der Waals surface area (Å²) in [6, 6.07) is 0. The predicted octanol–water partition coefficient (Wildman–Crippen LogP) is 20.4. The van der Waals surface area contributed by atoms with Crippen molar-refractivity contribution in [1.29, 1.82) is 0 Å². The second-order valence-corrected chi connectivity index (χ2v) is 20.6. The van der Waals surface area contributed by atoms with E-state index >= 15 is 0 Å². The fraction of sp³-hybridized carbons (Fsp3) is 0.857. The topological polar surface area (TPSA) is 78.9 Å². The lowest BCUT2D eigenvalue weighted by molar-refractivity contribution is -0.167. The molecule has 0 aliphatic carbocycles. The fourth-order valence-corrected chi connectivity index (χ4v) is 9.01. The molecule has 0 heterocycles. The van der Waals surface area contributed by atoms with E-state index in [0.717, 1.165) is 89.9 Å². The van der Waals surface area contributed by atoms with Crippen molar-refractivity contribution in [2.24, 2.45) is 0 Å². The number of carbonyl (C=O) groups excluding carboxylic acids is 3. The fourth-order valence-electron chi connectivity index (χ4n) is 9.01. The summed E-state index contributed by atoms with van der Waals surface area (Å²) in [7, 11) is 0. The standard InChI is InChI=1S/C63H116O6/c1-4-7-10-13-16-19-21-23-24-25-26-27-28-29-30-31-32-33-34-35-36-37-38-40-41-44-47-50-53-56-62(65)68-59-60(58-67-61(64)55-52-49-46-43-18-15-12-9-6-3)69-63(66)57-54-51-48-45-42-39-22-20-17-14-11-8-5-2/h11,14,20,22,25-26,60H,4-10,12-13,15-19,21,23-24,27-59H2,1-3H3/b14-11-,22-20-,26-25-. The molecule has 0 fully saturated rings. The Balaban J connectivity index is 4.06. The van der Waals surface area contributed by atoms with Gasteiger partial charge < -0.3 is 14.2 Å². The maximum atomic E-state index is 12.8. The Morgan fingerprint density at radius 1 is 0.290 bits per heavy atom. The molecule has 0 saturated heterocycles. The van der Waals surface area contributed by atoms with E-state index in [1.54, 1.807) is 0 Å². The van der Waals surface area contributed by atoms with E-state index in [1.807, 2.05) is 0 Å². The lowest BCUT2D eigenvalue weighted by Crippen LogP contribution is -2.30. The van der Waals surface area contributed by atoms with Crippen LogP contribution < -0.4 is 0 Å². The third kappa shape index (κ3) is 56.4. The molecule has 0 aromatic heterocycles. The molecule has 0 aliphatic rings. The van der Waals surface area contributed by atoms with E-state index in [0.29, 0.717) is 19.3 Å². The smallest absolute Gasteiger partial charge is 0.306 e. The molecule has 0 rings (SSSR count). The highest BCUT2D eigenvalue weighted by atomic mass is 16.6. The van der Waals surface area contributed by atoms with E-state index in [1.165, 1.54) is 199 Å². The average molecular weight is 970 g/mol. The molecule has 0 saturated carbocycles. The first-order chi connectivity index (χ1) is 34.0. The Bertz CT molecular complexity index is 1160. The zero-order valence-electron chi connectivity index (χ0n) is 46.3. The van der Waals surface area contributed by atoms with Crippen molar-refractivity contribution < 1.29 is 28.6 Å². The van der Waals surface area contributed by atoms with Gasteiger partial charge in [-0.15, -0.1) is 0 Å². The van der Waals surface area contributed by atoms with Gasteiger partial charge in [0.05, 0.1) is 0 Å². The number of hydrogen-bond donors (Lipinski definition) is 0. The molecular formula is C63H116O6. The minimum absolute atomic E-state index is 0.0739. The van der Waals surface area contributed by atoms with Crippen molar-refractivity contribution in [3.8, 4) is 0 Å². The van der Waals surface area contributed by atoms with Crippen LogP contribution in [0, 0.1) is 0 Å². The lowest BCUT2D eigenvalue weighted by atomic mass is 10.0. The monoisotopic (exact) mass is 969 g/mol. The summed E-state index contributed by atoms with van der Waals surface area (Å²) in [6.07, 6.45) is 70.3. The van der Waals surface area contributed by atoms with Crippen LogP contribution >= 0.6 is 0 Å². The highest BCUT2D eigenvalue weighted by molar-refractivity contribution is 5.71. The number of rotatable bonds is 56. The van der Waals surface area contributed by atoms with Gasteiger partial charge in [-0.1, -0.05) is 276 Å². The van der Waals surface area contributed by atoms with E-state index in [2.05, 4.69) is 57.2 Å². The Morgan fingerprint density at radius 3 is 0.870 bits per heavy atom. The van der Waals surface area contributed by atoms with Crippen LogP contribution in [0.15, 0.2) is 36.5 Å². The molecule has 0 bridgehead atoms. The summed E-state index contributed by atoms with van der Waals surface area (Å²) in [5.41, 5.74) is 0. The highest BCUT2D eigenvalue weighted by Gasteiger charge is 2.19. The molecule has 0 aromatic carbocycles. The van der Waals surface area contributed by atoms with Gasteiger partial charge in [-0.2, -0.15) is 0 Å². The molecule has 69 heavy (non-hydrogen) atoms. The Kier molecular flexibility index (Phi) is 56.2. The molecule has 0 aromatic rings. The van der Waals surface area contributed by atoms with Gasteiger partial charge in [0.15, 0.2) is 6.10 Å². The van der Waals surface area contributed by atoms with Crippen LogP contribution in [0.4, 0.5) is 0 Å². The predicted molar refractivity (Wildman–Crippen MR) is 298 cm³/mol. The Labute approximate surface area is 429 Å². The summed E-state index contributed by atoms with van der Waals surface area (Å²) >= 11 is 0. The molecular weight excluding hydrogens is 853 g/mol. The molecule has 6 nitrogen and oxygen atoms in total. The Hall–Kier alpha value is -2.37. The first-order valence-electron chi connectivity index (χ1n) is 30.5. The van der Waals surface area contributed by atoms with Gasteiger partial charge >= 0.3 is 17.9 Å². The maximum absolute atomic E-state index is 12.8. The maximum Gasteiger partial charge on any atom is 0.306 e. The van der Waals surface area contributed by atoms with Gasteiger partial charge in [-0.05, 0) is 70.6 Å². The van der Waals surface area contributed by atoms with Crippen molar-refractivity contribution >= 4 is 17.9 Å². The first kappa shape index (κ1) is 66.6. The van der Waals surface area contributed by atoms with Crippen LogP contribution in [-0.4, -0.2) is 37.2 Å². The zero-order chi connectivity index (χ0) is 50.0. The van der Waals surface area contributed by atoms with Crippen molar-refractivity contribution in [3.05, 3.63) is 36.5 Å². The van der Waals surface area contributed by atoms with Crippen molar-refractivity contribution in [2.45, 2.75) is 335 Å². The number of carbonyl (C=O) groups is 3. The van der Waals surface area contributed by atoms with Crippen LogP contribution in [0.2, 0.25) is 0 Å². The van der Waals surface area contributed by atoms with Gasteiger partial charge in [-0.25, -0.2) is 0 Å². The second kappa shape index (κ2) is 58.2. The molecule has 0 N–H and O–H groups in total. The quantitative estimate of drug-likeness (QED) is 0.0261. The largest absolute Gasteiger partial charge is 0.462 e. The summed E-state index contributed by atoms with van der Waals surface area (Å²) in [6.45, 7) is 6.58. The van der Waals surface area contributed by atoms with Crippen LogP contribution in [-0.2, 0) is 28.6 Å². The normalized spacial score (nSPS) is 12.2. The second-order valence-electron chi connectivity index (χ2n) is 20.6. The van der Waals surface area contributed by atoms with Gasteiger partial charge in [0.2, 0.25) is 0 Å². The summed E-state index contributed by atoms with van der Waals surface area (Å²) in [4.78, 5) is 38.0. The molecule has 6 heteroatoms. The van der Waals surface area contributed by atoms with Crippen molar-refractivity contribution in [1.82, 2.24) is 0 Å². The van der Waals surface area contributed by atoms with Crippen LogP contribution in [0.3, 0.4) is 0 Å². The molecule has 0 aliphatic heterocycles. The van der Waals surface area contributed by atoms with Crippen LogP contribution in [0.25, 0.3) is 0 Å². The molecule has 1 unspecified atom stereocenters. The van der Waals surface area contributed by atoms with Crippen LogP contribution in [0.1, 0.15) is 329 Å². The SMILES string of the molecule is CCC/C=C\C/C=C\CCCCCCCC(=O)OC(COC(=O)CCCCCCCCCCC)COC(=O)CCCCCCCCCCCCCCCCCCC/C=C\CCCCCCCCCC. The third-order valence-corrected chi connectivity index (χ3v) is 13.6. The molecule has 0 radical (unpaired) electrons. The van der Waals surface area contributed by atoms with E-state index in [4.69, 9.17) is 14.2 Å². The van der Waals surface area contributed by atoms with Crippen molar-refractivity contribution in [3.63, 3.8) is 0 Å². The highest BCUT2D eigenvalue weighted by Crippen LogP contribution is 2.17. The molecule has 404 valence electrons. The summed E-state index contributed by atoms with van der Waals surface area (Å²) < 4.78 is 16.8. The van der Waals surface area contributed by atoms with Gasteiger partial charge in [0.1, 0.15) is 13.2 Å². The summed E-state index contributed by atoms with van der Waals surface area (Å²) in [5.74, 6) is -0.875. The number of esters is 3. The first-order valence-corrected chi connectivity index (χ1v) is 30.5. The van der Waals surface area contributed by atoms with E-state index < -0.39 is 6.10 Å². The molecule has 0 spiro atoms. The van der Waals surface area contributed by atoms with E-state index in [9.17, 15) is 14.4 Å². The Morgan fingerprint density at radius 2 is 0.551 bits per heavy atom. The van der Waals surface area contributed by atoms with Crippen molar-refractivity contribution in [2.75, 3.05) is 13.2 Å². The van der Waals surface area contributed by atoms with Crippen LogP contribution in [0.5, 0.6) is 0 Å². The minimum Gasteiger partial charge on any atom is -0.462 e. The van der Waals surface area contributed by atoms with Gasteiger partial charge in [-0.3, -0.25) is 14.4 Å². The van der Waals surface area contributed by atoms with Gasteiger partial charge in [0, 0.05) is 19.3 Å². The van der Waals surface area contributed by atoms with Gasteiger partial charge in [0.25, 0.3) is 0 Å².